The molecule has 0 aliphatic rings. The van der Waals surface area contributed by atoms with Crippen molar-refractivity contribution in [3.05, 3.63) is 65.7 Å². The highest BCUT2D eigenvalue weighted by molar-refractivity contribution is 6.15. The third-order valence-electron chi connectivity index (χ3n) is 2.49. The Morgan fingerprint density at radius 3 is 2.19 bits per heavy atom. The number of para-hydroxylation sites is 1. The first kappa shape index (κ1) is 10.4. The van der Waals surface area contributed by atoms with Crippen molar-refractivity contribution in [2.45, 2.75) is 0 Å². The summed E-state index contributed by atoms with van der Waals surface area (Å²) in [5.74, 6) is 0. The van der Waals surface area contributed by atoms with Crippen LogP contribution in [0.25, 0.3) is 0 Å². The number of benzene rings is 2. The van der Waals surface area contributed by atoms with Gasteiger partial charge in [-0.05, 0) is 6.07 Å². The van der Waals surface area contributed by atoms with E-state index in [1.54, 1.807) is 7.05 Å². The molecular formula is C14H14N2. The Hall–Kier alpha value is -2.09. The summed E-state index contributed by atoms with van der Waals surface area (Å²) in [6.07, 6.45) is 0. The van der Waals surface area contributed by atoms with Crippen molar-refractivity contribution in [2.24, 2.45) is 4.99 Å². The fraction of sp³-hybridized carbons (Fsp3) is 0.0714. The molecule has 0 aliphatic heterocycles. The van der Waals surface area contributed by atoms with Gasteiger partial charge in [-0.3, -0.25) is 4.99 Å². The van der Waals surface area contributed by atoms with Gasteiger partial charge in [0.25, 0.3) is 0 Å². The average molecular weight is 210 g/mol. The first-order chi connectivity index (χ1) is 7.83. The summed E-state index contributed by atoms with van der Waals surface area (Å²) < 4.78 is 0. The molecule has 2 aromatic rings. The van der Waals surface area contributed by atoms with Gasteiger partial charge in [0.1, 0.15) is 0 Å². The van der Waals surface area contributed by atoms with Gasteiger partial charge in [0, 0.05) is 23.9 Å². The molecule has 0 radical (unpaired) electrons. The first-order valence-electron chi connectivity index (χ1n) is 5.20. The van der Waals surface area contributed by atoms with Crippen molar-refractivity contribution in [3.8, 4) is 0 Å². The van der Waals surface area contributed by atoms with Crippen LogP contribution in [0.3, 0.4) is 0 Å². The monoisotopic (exact) mass is 210 g/mol. The Labute approximate surface area is 95.5 Å². The maximum Gasteiger partial charge on any atom is 0.0736 e. The summed E-state index contributed by atoms with van der Waals surface area (Å²) >= 11 is 0. The van der Waals surface area contributed by atoms with E-state index in [1.807, 2.05) is 54.6 Å². The van der Waals surface area contributed by atoms with E-state index in [1.165, 1.54) is 0 Å². The molecule has 0 fully saturated rings. The molecule has 2 heteroatoms. The molecule has 0 aliphatic carbocycles. The molecule has 0 heterocycles. The molecule has 2 rings (SSSR count). The molecule has 0 bridgehead atoms. The van der Waals surface area contributed by atoms with Gasteiger partial charge >= 0.3 is 0 Å². The summed E-state index contributed by atoms with van der Waals surface area (Å²) in [7, 11) is 1.79. The molecule has 0 amide bonds. The SMILES string of the molecule is CN=C(c1ccccc1)c1ccccc1N. The summed E-state index contributed by atoms with van der Waals surface area (Å²) in [5, 5.41) is 0. The number of rotatable bonds is 2. The lowest BCUT2D eigenvalue weighted by Gasteiger charge is -2.08. The number of aliphatic imine (C=N–C) groups is 1. The molecule has 2 nitrogen and oxygen atoms in total. The van der Waals surface area contributed by atoms with Crippen molar-refractivity contribution in [2.75, 3.05) is 12.8 Å². The largest absolute Gasteiger partial charge is 0.398 e. The molecule has 80 valence electrons. The highest BCUT2D eigenvalue weighted by Crippen LogP contribution is 2.16. The van der Waals surface area contributed by atoms with E-state index in [0.29, 0.717) is 0 Å². The van der Waals surface area contributed by atoms with Crippen LogP contribution in [0.15, 0.2) is 59.6 Å². The second kappa shape index (κ2) is 4.62. The molecule has 0 saturated heterocycles. The molecule has 2 aromatic carbocycles. The number of nitrogen functional groups attached to an aromatic ring is 1. The molecule has 0 unspecified atom stereocenters. The molecular weight excluding hydrogens is 196 g/mol. The second-order valence-electron chi connectivity index (χ2n) is 3.53. The second-order valence-corrected chi connectivity index (χ2v) is 3.53. The zero-order valence-electron chi connectivity index (χ0n) is 9.22. The summed E-state index contributed by atoms with van der Waals surface area (Å²) in [6.45, 7) is 0. The zero-order valence-corrected chi connectivity index (χ0v) is 9.22. The van der Waals surface area contributed by atoms with Crippen LogP contribution in [-0.4, -0.2) is 12.8 Å². The normalized spacial score (nSPS) is 11.4. The number of anilines is 1. The Morgan fingerprint density at radius 1 is 0.938 bits per heavy atom. The average Bonchev–Trinajstić information content (AvgIpc) is 2.34. The number of hydrogen-bond acceptors (Lipinski definition) is 2. The van der Waals surface area contributed by atoms with E-state index >= 15 is 0 Å². The fourth-order valence-electron chi connectivity index (χ4n) is 1.71. The molecule has 16 heavy (non-hydrogen) atoms. The standard InChI is InChI=1S/C14H14N2/c1-16-14(11-7-3-2-4-8-11)12-9-5-6-10-13(12)15/h2-10H,15H2,1H3. The van der Waals surface area contributed by atoms with Gasteiger partial charge in [0.05, 0.1) is 5.71 Å². The van der Waals surface area contributed by atoms with Gasteiger partial charge in [-0.15, -0.1) is 0 Å². The summed E-state index contributed by atoms with van der Waals surface area (Å²) in [6, 6.07) is 17.8. The van der Waals surface area contributed by atoms with Crippen LogP contribution in [0.2, 0.25) is 0 Å². The third kappa shape index (κ3) is 1.96. The maximum absolute atomic E-state index is 5.95. The minimum atomic E-state index is 0.756. The van der Waals surface area contributed by atoms with Crippen LogP contribution in [0.5, 0.6) is 0 Å². The van der Waals surface area contributed by atoms with Crippen molar-refractivity contribution in [3.63, 3.8) is 0 Å². The lowest BCUT2D eigenvalue weighted by atomic mass is 10.0. The lowest BCUT2D eigenvalue weighted by molar-refractivity contribution is 1.41. The first-order valence-corrected chi connectivity index (χ1v) is 5.20. The number of nitrogens with two attached hydrogens (primary N) is 1. The van der Waals surface area contributed by atoms with Crippen LogP contribution in [0, 0.1) is 0 Å². The highest BCUT2D eigenvalue weighted by Gasteiger charge is 2.07. The van der Waals surface area contributed by atoms with Gasteiger partial charge in [0.15, 0.2) is 0 Å². The van der Waals surface area contributed by atoms with Gasteiger partial charge < -0.3 is 5.73 Å². The van der Waals surface area contributed by atoms with Gasteiger partial charge in [-0.1, -0.05) is 48.5 Å². The molecule has 0 saturated carbocycles. The minimum absolute atomic E-state index is 0.756. The van der Waals surface area contributed by atoms with Crippen molar-refractivity contribution < 1.29 is 0 Å². The van der Waals surface area contributed by atoms with Crippen LogP contribution < -0.4 is 5.73 Å². The van der Waals surface area contributed by atoms with E-state index < -0.39 is 0 Å². The fourth-order valence-corrected chi connectivity index (χ4v) is 1.71. The summed E-state index contributed by atoms with van der Waals surface area (Å²) in [4.78, 5) is 4.33. The predicted octanol–water partition coefficient (Wildman–Crippen LogP) is 2.74. The van der Waals surface area contributed by atoms with Crippen LogP contribution in [0.1, 0.15) is 11.1 Å². The van der Waals surface area contributed by atoms with Gasteiger partial charge in [-0.25, -0.2) is 0 Å². The van der Waals surface area contributed by atoms with Crippen molar-refractivity contribution in [1.29, 1.82) is 0 Å². The topological polar surface area (TPSA) is 38.4 Å². The Bertz CT molecular complexity index is 501. The van der Waals surface area contributed by atoms with E-state index in [4.69, 9.17) is 5.73 Å². The van der Waals surface area contributed by atoms with Crippen molar-refractivity contribution >= 4 is 11.4 Å². The van der Waals surface area contributed by atoms with E-state index in [2.05, 4.69) is 4.99 Å². The van der Waals surface area contributed by atoms with E-state index in [-0.39, 0.29) is 0 Å². The molecule has 0 atom stereocenters. The zero-order chi connectivity index (χ0) is 11.4. The molecule has 0 spiro atoms. The minimum Gasteiger partial charge on any atom is -0.398 e. The van der Waals surface area contributed by atoms with Crippen LogP contribution >= 0.6 is 0 Å². The Balaban J connectivity index is 2.51. The number of nitrogens with zero attached hydrogens (tertiary/aromatic N) is 1. The molecule has 0 aromatic heterocycles. The molecule has 2 N–H and O–H groups in total. The highest BCUT2D eigenvalue weighted by atomic mass is 14.7. The summed E-state index contributed by atoms with van der Waals surface area (Å²) in [5.41, 5.74) is 9.71. The van der Waals surface area contributed by atoms with Gasteiger partial charge in [0.2, 0.25) is 0 Å². The number of hydrogen-bond donors (Lipinski definition) is 1. The van der Waals surface area contributed by atoms with Crippen molar-refractivity contribution in [1.82, 2.24) is 0 Å². The van der Waals surface area contributed by atoms with E-state index in [9.17, 15) is 0 Å². The predicted molar refractivity (Wildman–Crippen MR) is 68.9 cm³/mol. The Kier molecular flexibility index (Phi) is 3.01. The lowest BCUT2D eigenvalue weighted by Crippen LogP contribution is -2.06. The third-order valence-corrected chi connectivity index (χ3v) is 2.49. The maximum atomic E-state index is 5.95. The van der Waals surface area contributed by atoms with Crippen LogP contribution in [0.4, 0.5) is 5.69 Å². The Morgan fingerprint density at radius 2 is 1.56 bits per heavy atom. The van der Waals surface area contributed by atoms with Gasteiger partial charge in [-0.2, -0.15) is 0 Å². The van der Waals surface area contributed by atoms with E-state index in [0.717, 1.165) is 22.5 Å². The quantitative estimate of drug-likeness (QED) is 0.600. The smallest absolute Gasteiger partial charge is 0.0736 e. The van der Waals surface area contributed by atoms with Crippen LogP contribution in [-0.2, 0) is 0 Å².